The van der Waals surface area contributed by atoms with Gasteiger partial charge in [0.2, 0.25) is 0 Å². The normalized spacial score (nSPS) is 11.7. The molecule has 0 atom stereocenters. The first-order chi connectivity index (χ1) is 11.4. The van der Waals surface area contributed by atoms with E-state index in [0.29, 0.717) is 21.9 Å². The molecule has 0 radical (unpaired) electrons. The van der Waals surface area contributed by atoms with Crippen LogP contribution in [0.4, 0.5) is 4.39 Å². The second-order valence-corrected chi connectivity index (χ2v) is 7.16. The van der Waals surface area contributed by atoms with Gasteiger partial charge in [0.15, 0.2) is 0 Å². The third-order valence-electron chi connectivity index (χ3n) is 3.41. The van der Waals surface area contributed by atoms with Crippen LogP contribution in [0.3, 0.4) is 0 Å². The maximum Gasteiger partial charge on any atom is 0.337 e. The summed E-state index contributed by atoms with van der Waals surface area (Å²) in [5.41, 5.74) is 0.798. The van der Waals surface area contributed by atoms with E-state index >= 15 is 0 Å². The lowest BCUT2D eigenvalue weighted by Crippen LogP contribution is -2.02. The molecule has 2 aromatic rings. The Labute approximate surface area is 140 Å². The number of rotatable bonds is 7. The number of carbonyl (C=O) groups excluding carboxylic acids is 1. The lowest BCUT2D eigenvalue weighted by Gasteiger charge is -2.17. The molecule has 0 saturated heterocycles. The number of hydrogen-bond donors (Lipinski definition) is 0. The number of halogens is 1. The van der Waals surface area contributed by atoms with Crippen LogP contribution in [0.25, 0.3) is 10.8 Å². The Morgan fingerprint density at radius 2 is 1.79 bits per heavy atom. The number of methoxy groups -OCH3 is 1. The van der Waals surface area contributed by atoms with Gasteiger partial charge in [-0.25, -0.2) is 9.18 Å². The standard InChI is InChI=1S/C17H20FO5P/c1-4-22-24(20,23-5-2)11-12-8-14-10-13(17(19)21-3)6-7-15(14)16(18)9-12/h6-10H,4-5,11H2,1-3H3. The summed E-state index contributed by atoms with van der Waals surface area (Å²) in [6, 6.07) is 7.55. The Hall–Kier alpha value is -1.75. The summed E-state index contributed by atoms with van der Waals surface area (Å²) >= 11 is 0. The summed E-state index contributed by atoms with van der Waals surface area (Å²) in [6.45, 7) is 3.91. The van der Waals surface area contributed by atoms with Crippen LogP contribution < -0.4 is 0 Å². The molecule has 0 unspecified atom stereocenters. The van der Waals surface area contributed by atoms with Gasteiger partial charge < -0.3 is 13.8 Å². The van der Waals surface area contributed by atoms with E-state index in [2.05, 4.69) is 4.74 Å². The van der Waals surface area contributed by atoms with Crippen molar-refractivity contribution in [2.24, 2.45) is 0 Å². The molecule has 0 aliphatic carbocycles. The van der Waals surface area contributed by atoms with Gasteiger partial charge in [0, 0.05) is 5.39 Å². The molecule has 0 amide bonds. The molecule has 0 fully saturated rings. The number of esters is 1. The molecule has 5 nitrogen and oxygen atoms in total. The van der Waals surface area contributed by atoms with Crippen molar-refractivity contribution in [1.29, 1.82) is 0 Å². The van der Waals surface area contributed by atoms with E-state index in [4.69, 9.17) is 9.05 Å². The highest BCUT2D eigenvalue weighted by atomic mass is 31.2. The maximum absolute atomic E-state index is 14.3. The topological polar surface area (TPSA) is 61.8 Å². The Balaban J connectivity index is 2.44. The van der Waals surface area contributed by atoms with Crippen LogP contribution in [-0.2, 0) is 24.5 Å². The molecule has 0 spiro atoms. The molecule has 2 rings (SSSR count). The van der Waals surface area contributed by atoms with Crippen molar-refractivity contribution >= 4 is 24.3 Å². The van der Waals surface area contributed by atoms with E-state index in [1.165, 1.54) is 25.3 Å². The second kappa shape index (κ2) is 7.88. The molecule has 7 heteroatoms. The highest BCUT2D eigenvalue weighted by Gasteiger charge is 2.24. The van der Waals surface area contributed by atoms with Crippen molar-refractivity contribution in [1.82, 2.24) is 0 Å². The molecule has 0 bridgehead atoms. The maximum atomic E-state index is 14.3. The summed E-state index contributed by atoms with van der Waals surface area (Å²) in [4.78, 5) is 11.6. The van der Waals surface area contributed by atoms with Crippen molar-refractivity contribution in [2.45, 2.75) is 20.0 Å². The fourth-order valence-corrected chi connectivity index (χ4v) is 4.14. The zero-order chi connectivity index (χ0) is 17.7. The molecular formula is C17H20FO5P. The fraction of sp³-hybridized carbons (Fsp3) is 0.353. The van der Waals surface area contributed by atoms with Gasteiger partial charge in [-0.1, -0.05) is 12.1 Å². The lowest BCUT2D eigenvalue weighted by atomic mass is 10.0. The number of hydrogen-bond acceptors (Lipinski definition) is 5. The molecule has 0 aliphatic heterocycles. The number of ether oxygens (including phenoxy) is 1. The van der Waals surface area contributed by atoms with Crippen LogP contribution in [-0.4, -0.2) is 26.3 Å². The van der Waals surface area contributed by atoms with Gasteiger partial charge in [0.25, 0.3) is 0 Å². The average Bonchev–Trinajstić information content (AvgIpc) is 2.53. The molecule has 0 N–H and O–H groups in total. The molecule has 0 aromatic heterocycles. The van der Waals surface area contributed by atoms with Gasteiger partial charge in [-0.05, 0) is 43.0 Å². The van der Waals surface area contributed by atoms with Crippen LogP contribution in [0.2, 0.25) is 0 Å². The minimum atomic E-state index is -3.33. The van der Waals surface area contributed by atoms with E-state index in [0.717, 1.165) is 0 Å². The van der Waals surface area contributed by atoms with Crippen molar-refractivity contribution in [3.05, 3.63) is 47.3 Å². The quantitative estimate of drug-likeness (QED) is 0.540. The van der Waals surface area contributed by atoms with Crippen LogP contribution in [0.1, 0.15) is 29.8 Å². The summed E-state index contributed by atoms with van der Waals surface area (Å²) < 4.78 is 42.1. The summed E-state index contributed by atoms with van der Waals surface area (Å²) in [6.07, 6.45) is -0.0377. The molecule has 130 valence electrons. The van der Waals surface area contributed by atoms with Crippen LogP contribution in [0.15, 0.2) is 30.3 Å². The predicted molar refractivity (Wildman–Crippen MR) is 89.8 cm³/mol. The largest absolute Gasteiger partial charge is 0.465 e. The zero-order valence-electron chi connectivity index (χ0n) is 13.9. The first-order valence-corrected chi connectivity index (χ1v) is 9.34. The summed E-state index contributed by atoms with van der Waals surface area (Å²) in [5.74, 6) is -0.963. The van der Waals surface area contributed by atoms with Gasteiger partial charge in [0.05, 0.1) is 32.0 Å². The number of carbonyl (C=O) groups is 1. The third-order valence-corrected chi connectivity index (χ3v) is 5.47. The van der Waals surface area contributed by atoms with Crippen LogP contribution in [0.5, 0.6) is 0 Å². The van der Waals surface area contributed by atoms with Gasteiger partial charge in [-0.3, -0.25) is 4.57 Å². The minimum absolute atomic E-state index is 0.0377. The molecule has 0 aliphatic rings. The second-order valence-electron chi connectivity index (χ2n) is 5.11. The van der Waals surface area contributed by atoms with Crippen molar-refractivity contribution in [2.75, 3.05) is 20.3 Å². The average molecular weight is 354 g/mol. The smallest absolute Gasteiger partial charge is 0.337 e. The van der Waals surface area contributed by atoms with E-state index in [-0.39, 0.29) is 19.4 Å². The third kappa shape index (κ3) is 4.20. The SMILES string of the molecule is CCOP(=O)(Cc1cc(F)c2ccc(C(=O)OC)cc2c1)OCC. The fourth-order valence-electron chi connectivity index (χ4n) is 2.46. The van der Waals surface area contributed by atoms with Crippen molar-refractivity contribution in [3.8, 4) is 0 Å². The Morgan fingerprint density at radius 3 is 2.38 bits per heavy atom. The highest BCUT2D eigenvalue weighted by molar-refractivity contribution is 7.53. The predicted octanol–water partition coefficient (Wildman–Crippen LogP) is 4.53. The van der Waals surface area contributed by atoms with Gasteiger partial charge in [-0.2, -0.15) is 0 Å². The van der Waals surface area contributed by atoms with E-state index < -0.39 is 19.4 Å². The zero-order valence-corrected chi connectivity index (χ0v) is 14.8. The molecule has 0 heterocycles. The minimum Gasteiger partial charge on any atom is -0.465 e. The lowest BCUT2D eigenvalue weighted by molar-refractivity contribution is 0.0601. The van der Waals surface area contributed by atoms with Gasteiger partial charge in [-0.15, -0.1) is 0 Å². The first kappa shape index (κ1) is 18.6. The molecular weight excluding hydrogens is 334 g/mol. The van der Waals surface area contributed by atoms with E-state index in [9.17, 15) is 13.8 Å². The molecule has 2 aromatic carbocycles. The Morgan fingerprint density at radius 1 is 1.12 bits per heavy atom. The summed E-state index contributed by atoms with van der Waals surface area (Å²) in [5, 5.41) is 0.890. The number of fused-ring (bicyclic) bond motifs is 1. The van der Waals surface area contributed by atoms with Gasteiger partial charge in [0.1, 0.15) is 5.82 Å². The van der Waals surface area contributed by atoms with E-state index in [1.54, 1.807) is 26.0 Å². The Bertz CT molecular complexity index is 780. The van der Waals surface area contributed by atoms with Crippen molar-refractivity contribution in [3.63, 3.8) is 0 Å². The highest BCUT2D eigenvalue weighted by Crippen LogP contribution is 2.51. The van der Waals surface area contributed by atoms with Crippen LogP contribution in [0, 0.1) is 5.82 Å². The Kier molecular flexibility index (Phi) is 6.10. The molecule has 24 heavy (non-hydrogen) atoms. The van der Waals surface area contributed by atoms with Crippen LogP contribution >= 0.6 is 7.60 Å². The first-order valence-electron chi connectivity index (χ1n) is 7.61. The number of benzene rings is 2. The van der Waals surface area contributed by atoms with E-state index in [1.807, 2.05) is 0 Å². The monoisotopic (exact) mass is 354 g/mol. The summed E-state index contributed by atoms with van der Waals surface area (Å²) in [7, 11) is -2.05. The molecule has 0 saturated carbocycles. The van der Waals surface area contributed by atoms with Gasteiger partial charge >= 0.3 is 13.6 Å². The van der Waals surface area contributed by atoms with Crippen molar-refractivity contribution < 1.29 is 27.5 Å².